The predicted molar refractivity (Wildman–Crippen MR) is 270 cm³/mol. The van der Waals surface area contributed by atoms with E-state index in [4.69, 9.17) is 21.7 Å². The second-order valence-corrected chi connectivity index (χ2v) is 18.7. The fourth-order valence-electron chi connectivity index (χ4n) is 7.85. The third-order valence-corrected chi connectivity index (χ3v) is 14.2. The van der Waals surface area contributed by atoms with E-state index in [1.165, 1.54) is 16.9 Å². The summed E-state index contributed by atoms with van der Waals surface area (Å²) in [7, 11) is 0. The van der Waals surface area contributed by atoms with Crippen molar-refractivity contribution in [3.05, 3.63) is 154 Å². The molecule has 2 amide bonds. The van der Waals surface area contributed by atoms with Crippen LogP contribution in [0.15, 0.2) is 128 Å². The molecule has 6 heterocycles. The summed E-state index contributed by atoms with van der Waals surface area (Å²) in [6.07, 6.45) is 3.96. The number of anilines is 2. The number of aliphatic hydroxyl groups excluding tert-OH is 2. The van der Waals surface area contributed by atoms with Crippen LogP contribution in [0.1, 0.15) is 83.1 Å². The Hall–Kier alpha value is -6.63. The lowest BCUT2D eigenvalue weighted by molar-refractivity contribution is 0.0740. The first-order valence-electron chi connectivity index (χ1n) is 22.5. The van der Waals surface area contributed by atoms with Gasteiger partial charge in [-0.15, -0.1) is 22.7 Å². The van der Waals surface area contributed by atoms with Crippen LogP contribution >= 0.6 is 34.9 Å². The highest BCUT2D eigenvalue weighted by molar-refractivity contribution is 7.81. The SMILES string of the molecule is CC(O)c1cccc(Nc2nccc(-c3ccc(C(=O)N4CCCC4c4ccccc4)s3)n2)c1.CCOC(=O)N1CCN(C(=S)c2ccc(-c3ccnc(Oc4cccc(C(C)O)c4)n3)s2)CC1. The van der Waals surface area contributed by atoms with Gasteiger partial charge in [0.2, 0.25) is 5.95 Å². The summed E-state index contributed by atoms with van der Waals surface area (Å²) < 4.78 is 10.9. The maximum Gasteiger partial charge on any atom is 0.409 e. The number of amides is 2. The summed E-state index contributed by atoms with van der Waals surface area (Å²) >= 11 is 8.74. The molecule has 14 nitrogen and oxygen atoms in total. The average molecular weight is 969 g/mol. The molecule has 0 spiro atoms. The Morgan fingerprint density at radius 1 is 0.750 bits per heavy atom. The van der Waals surface area contributed by atoms with Crippen LogP contribution in [0.5, 0.6) is 11.8 Å². The highest BCUT2D eigenvalue weighted by Crippen LogP contribution is 2.36. The van der Waals surface area contributed by atoms with Gasteiger partial charge in [0.15, 0.2) is 0 Å². The number of benzene rings is 3. The molecule has 0 aliphatic carbocycles. The van der Waals surface area contributed by atoms with Crippen molar-refractivity contribution in [2.24, 2.45) is 0 Å². The van der Waals surface area contributed by atoms with Gasteiger partial charge < -0.3 is 39.7 Å². The summed E-state index contributed by atoms with van der Waals surface area (Å²) in [5, 5.41) is 22.8. The number of rotatable bonds is 12. The van der Waals surface area contributed by atoms with Gasteiger partial charge in [0.25, 0.3) is 5.91 Å². The van der Waals surface area contributed by atoms with Gasteiger partial charge in [-0.05, 0) is 111 Å². The van der Waals surface area contributed by atoms with E-state index in [1.807, 2.05) is 95.9 Å². The van der Waals surface area contributed by atoms with Crippen LogP contribution < -0.4 is 10.1 Å². The molecule has 2 aliphatic heterocycles. The fraction of sp³-hybridized carbons (Fsp3) is 0.275. The van der Waals surface area contributed by atoms with Gasteiger partial charge in [-0.2, -0.15) is 4.98 Å². The van der Waals surface area contributed by atoms with Gasteiger partial charge in [-0.1, -0.05) is 66.8 Å². The van der Waals surface area contributed by atoms with Gasteiger partial charge in [-0.3, -0.25) is 4.79 Å². The maximum atomic E-state index is 13.3. The van der Waals surface area contributed by atoms with E-state index in [0.29, 0.717) is 44.5 Å². The third kappa shape index (κ3) is 11.9. The molecule has 2 aliphatic rings. The van der Waals surface area contributed by atoms with Gasteiger partial charge in [0.05, 0.1) is 55.8 Å². The first-order chi connectivity index (χ1) is 33.0. The second kappa shape index (κ2) is 22.4. The standard InChI is InChI=1S/C27H26N4O2S.C24H26N4O4S2/c1-18(32)20-9-5-10-21(17-20)29-27-28-15-14-22(30-27)24-12-13-25(34-24)26(33)31-16-6-11-23(31)19-7-3-2-4-8-19;1-3-31-24(30)28-13-11-27(12-14-28)22(33)21-8-7-20(34-21)19-9-10-25-23(26-19)32-18-6-4-5-17(15-18)16(2)29/h2-5,7-10,12-15,17-18,23,32H,6,11,16H2,1H3,(H,28,29,30);4-10,15-16,29H,3,11-14H2,1-2H3. The summed E-state index contributed by atoms with van der Waals surface area (Å²) in [5.74, 6) is 1.10. The van der Waals surface area contributed by atoms with Crippen LogP contribution in [0.25, 0.3) is 21.1 Å². The smallest absolute Gasteiger partial charge is 0.409 e. The molecular formula is C51H52N8O6S3. The van der Waals surface area contributed by atoms with Crippen LogP contribution in [0.3, 0.4) is 0 Å². The van der Waals surface area contributed by atoms with E-state index in [9.17, 15) is 19.8 Å². The minimum absolute atomic E-state index is 0.0740. The van der Waals surface area contributed by atoms with E-state index in [2.05, 4.69) is 42.3 Å². The molecule has 2 saturated heterocycles. The van der Waals surface area contributed by atoms with Crippen LogP contribution in [0.4, 0.5) is 16.4 Å². The highest BCUT2D eigenvalue weighted by Gasteiger charge is 2.31. The van der Waals surface area contributed by atoms with Crippen molar-refractivity contribution >= 4 is 63.5 Å². The molecule has 0 radical (unpaired) electrons. The van der Waals surface area contributed by atoms with E-state index in [0.717, 1.165) is 72.1 Å². The minimum atomic E-state index is -0.586. The molecule has 0 saturated carbocycles. The minimum Gasteiger partial charge on any atom is -0.450 e. The Balaban J connectivity index is 0.000000184. The lowest BCUT2D eigenvalue weighted by Gasteiger charge is -2.35. The summed E-state index contributed by atoms with van der Waals surface area (Å²) in [6.45, 7) is 8.90. The topological polar surface area (TPSA) is 166 Å². The lowest BCUT2D eigenvalue weighted by atomic mass is 10.0. The summed E-state index contributed by atoms with van der Waals surface area (Å²) in [6, 6.07) is 36.9. The number of hydrogen-bond acceptors (Lipinski definition) is 14. The Labute approximate surface area is 408 Å². The molecule has 350 valence electrons. The van der Waals surface area contributed by atoms with Crippen molar-refractivity contribution in [1.82, 2.24) is 34.6 Å². The van der Waals surface area contributed by atoms with E-state index >= 15 is 0 Å². The van der Waals surface area contributed by atoms with Crippen LogP contribution in [0.2, 0.25) is 0 Å². The van der Waals surface area contributed by atoms with E-state index in [1.54, 1.807) is 61.5 Å². The number of nitrogens with one attached hydrogen (secondary N) is 1. The molecule has 2 fully saturated rings. The zero-order valence-corrected chi connectivity index (χ0v) is 40.3. The molecule has 17 heteroatoms. The van der Waals surface area contributed by atoms with Gasteiger partial charge in [0.1, 0.15) is 10.7 Å². The first kappa shape index (κ1) is 47.8. The average Bonchev–Trinajstić information content (AvgIpc) is 4.18. The van der Waals surface area contributed by atoms with Gasteiger partial charge >= 0.3 is 12.1 Å². The fourth-order valence-corrected chi connectivity index (χ4v) is 10.1. The number of piperazine rings is 1. The Kier molecular flexibility index (Phi) is 15.8. The maximum absolute atomic E-state index is 13.3. The zero-order chi connectivity index (χ0) is 47.6. The highest BCUT2D eigenvalue weighted by atomic mass is 32.1. The van der Waals surface area contributed by atoms with Crippen molar-refractivity contribution in [2.75, 3.05) is 44.6 Å². The quantitative estimate of drug-likeness (QED) is 0.0991. The monoisotopic (exact) mass is 968 g/mol. The van der Waals surface area contributed by atoms with Gasteiger partial charge in [0, 0.05) is 50.8 Å². The molecule has 4 aromatic heterocycles. The van der Waals surface area contributed by atoms with E-state index in [-0.39, 0.29) is 24.1 Å². The number of carbonyl (C=O) groups is 2. The van der Waals surface area contributed by atoms with Crippen LogP contribution in [-0.4, -0.2) is 101 Å². The molecular weight excluding hydrogens is 917 g/mol. The number of aromatic nitrogens is 4. The van der Waals surface area contributed by atoms with Crippen molar-refractivity contribution in [3.8, 4) is 32.9 Å². The van der Waals surface area contributed by atoms with Crippen molar-refractivity contribution in [3.63, 3.8) is 0 Å². The molecule has 3 atom stereocenters. The Morgan fingerprint density at radius 2 is 1.40 bits per heavy atom. The van der Waals surface area contributed by atoms with Gasteiger partial charge in [-0.25, -0.2) is 19.7 Å². The molecule has 3 aromatic carbocycles. The number of carbonyl (C=O) groups excluding carboxylic acids is 2. The lowest BCUT2D eigenvalue weighted by Crippen LogP contribution is -2.50. The van der Waals surface area contributed by atoms with Crippen LogP contribution in [0, 0.1) is 0 Å². The van der Waals surface area contributed by atoms with Crippen molar-refractivity contribution in [2.45, 2.75) is 51.9 Å². The predicted octanol–water partition coefficient (Wildman–Crippen LogP) is 10.5. The Morgan fingerprint density at radius 3 is 2.12 bits per heavy atom. The van der Waals surface area contributed by atoms with E-state index < -0.39 is 12.2 Å². The number of likely N-dealkylation sites (tertiary alicyclic amines) is 1. The van der Waals surface area contributed by atoms with Crippen molar-refractivity contribution < 1.29 is 29.3 Å². The molecule has 3 unspecified atom stereocenters. The zero-order valence-electron chi connectivity index (χ0n) is 37.9. The molecule has 9 rings (SSSR count). The number of nitrogens with zero attached hydrogens (tertiary/aromatic N) is 7. The number of thiocarbonyl (C=S) groups is 1. The van der Waals surface area contributed by atoms with Crippen LogP contribution in [-0.2, 0) is 4.74 Å². The van der Waals surface area contributed by atoms with Crippen molar-refractivity contribution in [1.29, 1.82) is 0 Å². The number of hydrogen-bond donors (Lipinski definition) is 3. The molecule has 68 heavy (non-hydrogen) atoms. The molecule has 3 N–H and O–H groups in total. The number of ether oxygens (including phenoxy) is 2. The normalized spacial score (nSPS) is 15.5. The number of aliphatic hydroxyl groups is 2. The molecule has 0 bridgehead atoms. The number of thiophene rings is 2. The Bertz CT molecular complexity index is 2830. The molecule has 7 aromatic rings. The largest absolute Gasteiger partial charge is 0.450 e. The third-order valence-electron chi connectivity index (χ3n) is 11.4. The summed E-state index contributed by atoms with van der Waals surface area (Å²) in [4.78, 5) is 53.1. The first-order valence-corrected chi connectivity index (χ1v) is 24.5. The second-order valence-electron chi connectivity index (χ2n) is 16.1. The summed E-state index contributed by atoms with van der Waals surface area (Å²) in [5.41, 5.74) is 5.07.